The lowest BCUT2D eigenvalue weighted by Gasteiger charge is -2.12. The maximum Gasteiger partial charge on any atom is 0.305 e. The number of carbonyl (C=O) groups is 3. The van der Waals surface area contributed by atoms with E-state index in [0.29, 0.717) is 11.3 Å². The van der Waals surface area contributed by atoms with Gasteiger partial charge in [0.2, 0.25) is 0 Å². The minimum atomic E-state index is -1.01. The van der Waals surface area contributed by atoms with Crippen LogP contribution in [0.15, 0.2) is 27.6 Å². The second kappa shape index (κ2) is 6.06. The van der Waals surface area contributed by atoms with Gasteiger partial charge < -0.3 is 10.4 Å². The van der Waals surface area contributed by atoms with Crippen LogP contribution >= 0.6 is 39.9 Å². The molecule has 0 aromatic heterocycles. The number of hydrogen-bond acceptors (Lipinski definition) is 5. The van der Waals surface area contributed by atoms with Crippen LogP contribution in [0.25, 0.3) is 5.57 Å². The fourth-order valence-corrected chi connectivity index (χ4v) is 4.06. The molecule has 9 heteroatoms. The van der Waals surface area contributed by atoms with Gasteiger partial charge in [0.15, 0.2) is 0 Å². The zero-order valence-electron chi connectivity index (χ0n) is 11.5. The molecular weight excluding hydrogens is 404 g/mol. The van der Waals surface area contributed by atoms with Crippen LogP contribution in [0.2, 0.25) is 0 Å². The summed E-state index contributed by atoms with van der Waals surface area (Å²) in [6.45, 7) is -0.0102. The molecule has 1 aromatic carbocycles. The fourth-order valence-electron chi connectivity index (χ4n) is 2.31. The number of nitrogens with one attached hydrogen (secondary N) is 1. The zero-order chi connectivity index (χ0) is 16.7. The largest absolute Gasteiger partial charge is 0.481 e. The van der Waals surface area contributed by atoms with E-state index in [1.807, 2.05) is 0 Å². The first-order valence-electron chi connectivity index (χ1n) is 6.49. The number of amides is 2. The summed E-state index contributed by atoms with van der Waals surface area (Å²) in [5.41, 5.74) is 1.53. The molecule has 0 saturated carbocycles. The third-order valence-corrected chi connectivity index (χ3v) is 5.29. The zero-order valence-corrected chi connectivity index (χ0v) is 14.7. The van der Waals surface area contributed by atoms with E-state index in [1.165, 1.54) is 4.90 Å². The van der Waals surface area contributed by atoms with Crippen LogP contribution in [0.1, 0.15) is 12.0 Å². The van der Waals surface area contributed by atoms with Crippen LogP contribution in [0.5, 0.6) is 0 Å². The quantitative estimate of drug-likeness (QED) is 0.585. The van der Waals surface area contributed by atoms with Gasteiger partial charge in [0.05, 0.1) is 16.9 Å². The van der Waals surface area contributed by atoms with Crippen molar-refractivity contribution in [1.82, 2.24) is 4.90 Å². The summed E-state index contributed by atoms with van der Waals surface area (Å²) in [4.78, 5) is 36.9. The highest BCUT2D eigenvalue weighted by Crippen LogP contribution is 2.42. The number of rotatable bonds is 3. The van der Waals surface area contributed by atoms with Crippen LogP contribution in [0, 0.1) is 0 Å². The lowest BCUT2D eigenvalue weighted by Crippen LogP contribution is -2.30. The fraction of sp³-hybridized carbons (Fsp3) is 0.143. The summed E-state index contributed by atoms with van der Waals surface area (Å²) in [5, 5.41) is 11.5. The average Bonchev–Trinajstić information content (AvgIpc) is 2.93. The molecule has 0 bridgehead atoms. The van der Waals surface area contributed by atoms with E-state index in [1.54, 1.807) is 18.2 Å². The number of nitrogens with zero attached hydrogens (tertiary/aromatic N) is 1. The first kappa shape index (κ1) is 16.2. The molecular formula is C14H9BrN2O4S2. The lowest BCUT2D eigenvalue weighted by molar-refractivity contribution is -0.137. The maximum absolute atomic E-state index is 12.5. The number of carboxylic acids is 1. The molecule has 2 N–H and O–H groups in total. The van der Waals surface area contributed by atoms with Crippen LogP contribution in [-0.2, 0) is 14.4 Å². The lowest BCUT2D eigenvalue weighted by atomic mass is 10.1. The molecule has 6 nitrogen and oxygen atoms in total. The van der Waals surface area contributed by atoms with Gasteiger partial charge in [-0.2, -0.15) is 0 Å². The van der Waals surface area contributed by atoms with Crippen molar-refractivity contribution in [3.05, 3.63) is 33.1 Å². The second-order valence-electron chi connectivity index (χ2n) is 4.82. The third-order valence-electron chi connectivity index (χ3n) is 3.35. The van der Waals surface area contributed by atoms with Gasteiger partial charge in [-0.1, -0.05) is 39.9 Å². The first-order valence-corrected chi connectivity index (χ1v) is 8.51. The SMILES string of the molecule is O=C(O)CCN1C(=O)/C(=C2/C(=O)Nc3ccc(Br)cc32)SC1=S. The topological polar surface area (TPSA) is 86.7 Å². The molecule has 2 aliphatic heterocycles. The molecule has 3 rings (SSSR count). The number of hydrogen-bond donors (Lipinski definition) is 2. The Labute approximate surface area is 149 Å². The second-order valence-corrected chi connectivity index (χ2v) is 7.38. The predicted molar refractivity (Wildman–Crippen MR) is 93.8 cm³/mol. The highest BCUT2D eigenvalue weighted by molar-refractivity contribution is 9.10. The van der Waals surface area contributed by atoms with E-state index >= 15 is 0 Å². The van der Waals surface area contributed by atoms with E-state index in [9.17, 15) is 14.4 Å². The molecule has 118 valence electrons. The highest BCUT2D eigenvalue weighted by Gasteiger charge is 2.39. The number of fused-ring (bicyclic) bond motifs is 1. The number of halogens is 1. The molecule has 2 aliphatic rings. The Morgan fingerprint density at radius 1 is 1.39 bits per heavy atom. The molecule has 0 unspecified atom stereocenters. The summed E-state index contributed by atoms with van der Waals surface area (Å²) in [6.07, 6.45) is -0.205. The Morgan fingerprint density at radius 3 is 2.83 bits per heavy atom. The minimum absolute atomic E-state index is 0.0102. The van der Waals surface area contributed by atoms with Gasteiger partial charge in [0, 0.05) is 22.3 Å². The average molecular weight is 413 g/mol. The van der Waals surface area contributed by atoms with E-state index in [2.05, 4.69) is 21.2 Å². The number of benzene rings is 1. The molecule has 0 atom stereocenters. The van der Waals surface area contributed by atoms with Crippen LogP contribution in [-0.4, -0.2) is 38.7 Å². The number of thiocarbonyl (C=S) groups is 1. The molecule has 1 fully saturated rings. The van der Waals surface area contributed by atoms with Gasteiger partial charge in [-0.25, -0.2) is 0 Å². The van der Waals surface area contributed by atoms with E-state index < -0.39 is 11.9 Å². The van der Waals surface area contributed by atoms with Crippen molar-refractivity contribution in [3.8, 4) is 0 Å². The number of carboxylic acid groups (broad SMARTS) is 1. The highest BCUT2D eigenvalue weighted by atomic mass is 79.9. The molecule has 2 heterocycles. The predicted octanol–water partition coefficient (Wildman–Crippen LogP) is 2.45. The molecule has 1 aromatic rings. The molecule has 0 radical (unpaired) electrons. The molecule has 2 amide bonds. The van der Waals surface area contributed by atoms with Crippen molar-refractivity contribution < 1.29 is 19.5 Å². The van der Waals surface area contributed by atoms with Crippen LogP contribution in [0.3, 0.4) is 0 Å². The summed E-state index contributed by atoms with van der Waals surface area (Å²) < 4.78 is 1.04. The van der Waals surface area contributed by atoms with E-state index in [-0.39, 0.29) is 33.7 Å². The smallest absolute Gasteiger partial charge is 0.305 e. The number of carbonyl (C=O) groups excluding carboxylic acids is 2. The Morgan fingerprint density at radius 2 is 2.13 bits per heavy atom. The minimum Gasteiger partial charge on any atom is -0.481 e. The molecule has 23 heavy (non-hydrogen) atoms. The molecule has 0 spiro atoms. The summed E-state index contributed by atoms with van der Waals surface area (Å²) >= 11 is 9.51. The number of anilines is 1. The number of thioether (sulfide) groups is 1. The van der Waals surface area contributed by atoms with E-state index in [4.69, 9.17) is 17.3 Å². The monoisotopic (exact) mass is 412 g/mol. The van der Waals surface area contributed by atoms with Gasteiger partial charge in [0.25, 0.3) is 11.8 Å². The van der Waals surface area contributed by atoms with E-state index in [0.717, 1.165) is 16.2 Å². The summed E-state index contributed by atoms with van der Waals surface area (Å²) in [6, 6.07) is 5.29. The number of aliphatic carboxylic acids is 1. The molecule has 1 saturated heterocycles. The van der Waals surface area contributed by atoms with Crippen molar-refractivity contribution in [2.75, 3.05) is 11.9 Å². The van der Waals surface area contributed by atoms with Crippen molar-refractivity contribution >= 4 is 73.3 Å². The van der Waals surface area contributed by atoms with Crippen LogP contribution in [0.4, 0.5) is 5.69 Å². The van der Waals surface area contributed by atoms with Crippen molar-refractivity contribution in [2.45, 2.75) is 6.42 Å². The standard InChI is InChI=1S/C14H9BrN2O4S2/c15-6-1-2-8-7(5-6)10(12(20)16-8)11-13(21)17(14(22)23-11)4-3-9(18)19/h1-2,5H,3-4H2,(H,16,20)(H,18,19)/b11-10-. The normalized spacial score (nSPS) is 20.0. The third kappa shape index (κ3) is 2.91. The maximum atomic E-state index is 12.5. The first-order chi connectivity index (χ1) is 10.9. The Balaban J connectivity index is 2.01. The molecule has 0 aliphatic carbocycles. The van der Waals surface area contributed by atoms with Gasteiger partial charge in [-0.15, -0.1) is 0 Å². The Bertz CT molecular complexity index is 806. The summed E-state index contributed by atoms with van der Waals surface area (Å²) in [7, 11) is 0. The summed E-state index contributed by atoms with van der Waals surface area (Å²) in [5.74, 6) is -1.81. The van der Waals surface area contributed by atoms with Crippen molar-refractivity contribution in [1.29, 1.82) is 0 Å². The van der Waals surface area contributed by atoms with Gasteiger partial charge in [-0.3, -0.25) is 19.3 Å². The Hall–Kier alpha value is -1.71. The van der Waals surface area contributed by atoms with Crippen LogP contribution < -0.4 is 5.32 Å². The van der Waals surface area contributed by atoms with Gasteiger partial charge >= 0.3 is 5.97 Å². The van der Waals surface area contributed by atoms with Crippen molar-refractivity contribution in [2.24, 2.45) is 0 Å². The van der Waals surface area contributed by atoms with Gasteiger partial charge in [0.1, 0.15) is 4.32 Å². The van der Waals surface area contributed by atoms with Crippen molar-refractivity contribution in [3.63, 3.8) is 0 Å². The Kier molecular flexibility index (Phi) is 4.26. The van der Waals surface area contributed by atoms with Gasteiger partial charge in [-0.05, 0) is 18.2 Å².